The highest BCUT2D eigenvalue weighted by Crippen LogP contribution is 2.18. The smallest absolute Gasteiger partial charge is 0.275 e. The first kappa shape index (κ1) is 7.31. The minimum atomic E-state index is -0.597. The summed E-state index contributed by atoms with van der Waals surface area (Å²) in [5.74, 6) is 0. The van der Waals surface area contributed by atoms with E-state index < -0.39 is 5.24 Å². The van der Waals surface area contributed by atoms with Gasteiger partial charge in [0.1, 0.15) is 0 Å². The van der Waals surface area contributed by atoms with Crippen LogP contribution in [0, 0.1) is 0 Å². The van der Waals surface area contributed by atoms with Crippen LogP contribution in [-0.4, -0.2) is 10.4 Å². The van der Waals surface area contributed by atoms with Crippen LogP contribution in [0.2, 0.25) is 0 Å². The van der Waals surface area contributed by atoms with E-state index in [4.69, 9.17) is 16.1 Å². The van der Waals surface area contributed by atoms with Crippen molar-refractivity contribution in [2.75, 3.05) is 0 Å². The number of benzene rings is 1. The molecule has 0 saturated heterocycles. The first-order valence-electron chi connectivity index (χ1n) is 3.33. The second-order valence-corrected chi connectivity index (χ2v) is 2.64. The fourth-order valence-electron chi connectivity index (χ4n) is 1.03. The molecule has 0 aliphatic rings. The van der Waals surface area contributed by atoms with Gasteiger partial charge in [-0.25, -0.2) is 0 Å². The molecule has 0 aliphatic carbocycles. The van der Waals surface area contributed by atoms with Gasteiger partial charge in [0.05, 0.1) is 5.39 Å². The largest absolute Gasteiger partial charge is 0.355 e. The maximum atomic E-state index is 10.8. The van der Waals surface area contributed by atoms with E-state index in [1.807, 2.05) is 0 Å². The lowest BCUT2D eigenvalue weighted by atomic mass is 10.2. The topological polar surface area (TPSA) is 43.1 Å². The number of aromatic nitrogens is 1. The van der Waals surface area contributed by atoms with Crippen molar-refractivity contribution >= 4 is 27.8 Å². The van der Waals surface area contributed by atoms with Gasteiger partial charge in [0.2, 0.25) is 0 Å². The monoisotopic (exact) mass is 181 g/mol. The average Bonchev–Trinajstić information content (AvgIpc) is 2.47. The number of carbonyl (C=O) groups is 1. The van der Waals surface area contributed by atoms with Crippen LogP contribution in [0.15, 0.2) is 28.8 Å². The van der Waals surface area contributed by atoms with E-state index in [1.54, 1.807) is 24.3 Å². The number of halogens is 1. The third kappa shape index (κ3) is 0.987. The summed E-state index contributed by atoms with van der Waals surface area (Å²) in [6, 6.07) is 7.06. The molecule has 1 aromatic carbocycles. The molecule has 4 heteroatoms. The van der Waals surface area contributed by atoms with Gasteiger partial charge in [0.15, 0.2) is 11.3 Å². The predicted molar refractivity (Wildman–Crippen MR) is 44.2 cm³/mol. The molecule has 12 heavy (non-hydrogen) atoms. The number of para-hydroxylation sites is 1. The molecule has 0 N–H and O–H groups in total. The average molecular weight is 182 g/mol. The van der Waals surface area contributed by atoms with Crippen LogP contribution in [0.25, 0.3) is 11.0 Å². The van der Waals surface area contributed by atoms with Gasteiger partial charge in [-0.15, -0.1) is 0 Å². The predicted octanol–water partition coefficient (Wildman–Crippen LogP) is 2.21. The Hall–Kier alpha value is -1.35. The Kier molecular flexibility index (Phi) is 1.59. The third-order valence-corrected chi connectivity index (χ3v) is 1.74. The second-order valence-electron chi connectivity index (χ2n) is 2.30. The Morgan fingerprint density at radius 1 is 1.42 bits per heavy atom. The van der Waals surface area contributed by atoms with Gasteiger partial charge in [-0.3, -0.25) is 4.79 Å². The molecule has 2 rings (SSSR count). The van der Waals surface area contributed by atoms with Gasteiger partial charge in [-0.1, -0.05) is 17.3 Å². The number of fused-ring (bicyclic) bond motifs is 1. The van der Waals surface area contributed by atoms with Crippen molar-refractivity contribution in [3.8, 4) is 0 Å². The summed E-state index contributed by atoms with van der Waals surface area (Å²) in [7, 11) is 0. The van der Waals surface area contributed by atoms with E-state index in [-0.39, 0.29) is 5.69 Å². The molecular formula is C8H4ClNO2. The van der Waals surface area contributed by atoms with Crippen LogP contribution < -0.4 is 0 Å². The van der Waals surface area contributed by atoms with Crippen LogP contribution in [0.1, 0.15) is 10.5 Å². The molecule has 0 fully saturated rings. The van der Waals surface area contributed by atoms with Crippen molar-refractivity contribution in [2.24, 2.45) is 0 Å². The van der Waals surface area contributed by atoms with E-state index in [0.29, 0.717) is 11.0 Å². The minimum absolute atomic E-state index is 0.173. The zero-order valence-electron chi connectivity index (χ0n) is 5.95. The van der Waals surface area contributed by atoms with Gasteiger partial charge in [0.25, 0.3) is 5.24 Å². The highest BCUT2D eigenvalue weighted by Gasteiger charge is 2.12. The molecule has 1 aromatic heterocycles. The van der Waals surface area contributed by atoms with Crippen LogP contribution in [0.4, 0.5) is 0 Å². The van der Waals surface area contributed by atoms with Crippen LogP contribution in [-0.2, 0) is 0 Å². The quantitative estimate of drug-likeness (QED) is 0.634. The molecule has 0 amide bonds. The van der Waals surface area contributed by atoms with Crippen molar-refractivity contribution < 1.29 is 9.32 Å². The summed E-state index contributed by atoms with van der Waals surface area (Å²) >= 11 is 5.26. The molecule has 60 valence electrons. The molecule has 1 heterocycles. The fourth-order valence-corrected chi connectivity index (χ4v) is 1.16. The van der Waals surface area contributed by atoms with Crippen LogP contribution >= 0.6 is 11.6 Å². The van der Waals surface area contributed by atoms with Gasteiger partial charge in [0, 0.05) is 0 Å². The highest BCUT2D eigenvalue weighted by molar-refractivity contribution is 6.68. The Balaban J connectivity index is 2.79. The van der Waals surface area contributed by atoms with Gasteiger partial charge in [-0.2, -0.15) is 0 Å². The van der Waals surface area contributed by atoms with Crippen LogP contribution in [0.3, 0.4) is 0 Å². The SMILES string of the molecule is O=C(Cl)c1noc2ccccc12. The number of nitrogens with zero attached hydrogens (tertiary/aromatic N) is 1. The first-order valence-corrected chi connectivity index (χ1v) is 3.71. The van der Waals surface area contributed by atoms with Gasteiger partial charge < -0.3 is 4.52 Å². The fraction of sp³-hybridized carbons (Fsp3) is 0. The number of rotatable bonds is 1. The van der Waals surface area contributed by atoms with E-state index in [1.165, 1.54) is 0 Å². The number of hydrogen-bond donors (Lipinski definition) is 0. The first-order chi connectivity index (χ1) is 5.79. The van der Waals surface area contributed by atoms with Crippen molar-refractivity contribution in [1.82, 2.24) is 5.16 Å². The lowest BCUT2D eigenvalue weighted by Gasteiger charge is -1.84. The second kappa shape index (κ2) is 2.60. The lowest BCUT2D eigenvalue weighted by Crippen LogP contribution is -1.87. The normalized spacial score (nSPS) is 10.4. The summed E-state index contributed by atoms with van der Waals surface area (Å²) < 4.78 is 4.86. The standard InChI is InChI=1S/C8H4ClNO2/c9-8(11)7-5-3-1-2-4-6(5)12-10-7/h1-4H. The van der Waals surface area contributed by atoms with Gasteiger partial charge >= 0.3 is 0 Å². The van der Waals surface area contributed by atoms with Gasteiger partial charge in [-0.05, 0) is 23.7 Å². The maximum Gasteiger partial charge on any atom is 0.275 e. The number of carbonyl (C=O) groups excluding carboxylic acids is 1. The van der Waals surface area contributed by atoms with Crippen molar-refractivity contribution in [3.63, 3.8) is 0 Å². The molecule has 0 radical (unpaired) electrons. The summed E-state index contributed by atoms with van der Waals surface area (Å²) in [6.45, 7) is 0. The Bertz CT molecular complexity index is 435. The van der Waals surface area contributed by atoms with Crippen molar-refractivity contribution in [2.45, 2.75) is 0 Å². The Morgan fingerprint density at radius 3 is 2.92 bits per heavy atom. The Morgan fingerprint density at radius 2 is 2.17 bits per heavy atom. The molecule has 0 bridgehead atoms. The summed E-state index contributed by atoms with van der Waals surface area (Å²) in [5, 5.41) is 3.59. The molecule has 2 aromatic rings. The summed E-state index contributed by atoms with van der Waals surface area (Å²) in [4.78, 5) is 10.8. The Labute approximate surface area is 72.9 Å². The minimum Gasteiger partial charge on any atom is -0.355 e. The molecule has 0 atom stereocenters. The zero-order chi connectivity index (χ0) is 8.55. The van der Waals surface area contributed by atoms with E-state index >= 15 is 0 Å². The van der Waals surface area contributed by atoms with Crippen molar-refractivity contribution in [3.05, 3.63) is 30.0 Å². The third-order valence-electron chi connectivity index (χ3n) is 1.56. The maximum absolute atomic E-state index is 10.8. The van der Waals surface area contributed by atoms with E-state index in [0.717, 1.165) is 0 Å². The summed E-state index contributed by atoms with van der Waals surface area (Å²) in [6.07, 6.45) is 0. The number of hydrogen-bond acceptors (Lipinski definition) is 3. The van der Waals surface area contributed by atoms with Crippen molar-refractivity contribution in [1.29, 1.82) is 0 Å². The molecular weight excluding hydrogens is 178 g/mol. The van der Waals surface area contributed by atoms with E-state index in [9.17, 15) is 4.79 Å². The highest BCUT2D eigenvalue weighted by atomic mass is 35.5. The zero-order valence-corrected chi connectivity index (χ0v) is 6.71. The molecule has 0 saturated carbocycles. The van der Waals surface area contributed by atoms with E-state index in [2.05, 4.69) is 5.16 Å². The van der Waals surface area contributed by atoms with Crippen LogP contribution in [0.5, 0.6) is 0 Å². The molecule has 3 nitrogen and oxygen atoms in total. The lowest BCUT2D eigenvalue weighted by molar-refractivity contribution is 0.107. The molecule has 0 aliphatic heterocycles. The summed E-state index contributed by atoms with van der Waals surface area (Å²) in [5.41, 5.74) is 0.744. The molecule has 0 unspecified atom stereocenters. The molecule has 0 spiro atoms.